The van der Waals surface area contributed by atoms with Gasteiger partial charge in [0.05, 0.1) is 23.6 Å². The van der Waals surface area contributed by atoms with Gasteiger partial charge in [-0.3, -0.25) is 15.0 Å². The molecule has 23 heavy (non-hydrogen) atoms. The summed E-state index contributed by atoms with van der Waals surface area (Å²) in [7, 11) is 1.82. The normalized spacial score (nSPS) is 20.7. The topological polar surface area (TPSA) is 79.3 Å². The highest BCUT2D eigenvalue weighted by atomic mass is 35.5. The number of para-hydroxylation sites is 2. The van der Waals surface area contributed by atoms with E-state index in [2.05, 4.69) is 15.7 Å². The van der Waals surface area contributed by atoms with E-state index >= 15 is 0 Å². The number of rotatable bonds is 5. The summed E-state index contributed by atoms with van der Waals surface area (Å²) in [5.74, 6) is 0.204. The van der Waals surface area contributed by atoms with E-state index in [1.54, 1.807) is 6.92 Å². The highest BCUT2D eigenvalue weighted by Crippen LogP contribution is 2.22. The van der Waals surface area contributed by atoms with Crippen LogP contribution >= 0.6 is 11.6 Å². The summed E-state index contributed by atoms with van der Waals surface area (Å²) in [6, 6.07) is 7.43. The number of amides is 2. The number of hydrazine groups is 1. The summed E-state index contributed by atoms with van der Waals surface area (Å²) in [4.78, 5) is 28.5. The molecule has 7 nitrogen and oxygen atoms in total. The largest absolute Gasteiger partial charge is 0.317 e. The van der Waals surface area contributed by atoms with Crippen LogP contribution in [-0.4, -0.2) is 44.8 Å². The molecule has 2 N–H and O–H groups in total. The Kier molecular flexibility index (Phi) is 4.23. The van der Waals surface area contributed by atoms with Gasteiger partial charge in [-0.15, -0.1) is 11.6 Å². The van der Waals surface area contributed by atoms with Crippen molar-refractivity contribution >= 4 is 34.4 Å². The van der Waals surface area contributed by atoms with Crippen molar-refractivity contribution in [1.82, 2.24) is 25.3 Å². The molecule has 0 radical (unpaired) electrons. The molecule has 1 saturated heterocycles. The van der Waals surface area contributed by atoms with Gasteiger partial charge >= 0.3 is 0 Å². The van der Waals surface area contributed by atoms with Crippen molar-refractivity contribution in [3.05, 3.63) is 30.1 Å². The van der Waals surface area contributed by atoms with E-state index in [9.17, 15) is 9.59 Å². The first-order chi connectivity index (χ1) is 11.0. The third-order valence-corrected chi connectivity index (χ3v) is 4.47. The van der Waals surface area contributed by atoms with Crippen molar-refractivity contribution in [3.63, 3.8) is 0 Å². The van der Waals surface area contributed by atoms with Crippen molar-refractivity contribution in [2.75, 3.05) is 7.05 Å². The van der Waals surface area contributed by atoms with E-state index in [1.165, 1.54) is 5.01 Å². The molecular weight excluding hydrogens is 318 g/mol. The van der Waals surface area contributed by atoms with Gasteiger partial charge in [-0.2, -0.15) is 0 Å². The number of β-lactam (4-membered cyclic amide) rings is 1. The summed E-state index contributed by atoms with van der Waals surface area (Å²) in [5.41, 5.74) is 4.32. The lowest BCUT2D eigenvalue weighted by atomic mass is 10.1. The minimum absolute atomic E-state index is 0.0843. The Bertz CT molecular complexity index is 759. The minimum Gasteiger partial charge on any atom is -0.317 e. The summed E-state index contributed by atoms with van der Waals surface area (Å²) < 4.78 is 1.84. The first-order valence-electron chi connectivity index (χ1n) is 7.38. The first-order valence-corrected chi connectivity index (χ1v) is 7.82. The summed E-state index contributed by atoms with van der Waals surface area (Å²) in [5, 5.41) is 3.75. The molecule has 1 aliphatic heterocycles. The molecule has 0 unspecified atom stereocenters. The number of nitrogens with zero attached hydrogens (tertiary/aromatic N) is 3. The van der Waals surface area contributed by atoms with Crippen LogP contribution in [0.15, 0.2) is 24.3 Å². The van der Waals surface area contributed by atoms with Gasteiger partial charge in [0.15, 0.2) is 0 Å². The summed E-state index contributed by atoms with van der Waals surface area (Å²) in [6.07, 6.45) is 0. The first kappa shape index (κ1) is 15.8. The molecule has 0 spiro atoms. The van der Waals surface area contributed by atoms with E-state index in [0.29, 0.717) is 6.54 Å². The van der Waals surface area contributed by atoms with Gasteiger partial charge in [-0.05, 0) is 26.1 Å². The number of alkyl halides is 1. The van der Waals surface area contributed by atoms with Crippen molar-refractivity contribution in [3.8, 4) is 0 Å². The number of fused-ring (bicyclic) bond motifs is 1. The fourth-order valence-corrected chi connectivity index (χ4v) is 2.87. The number of benzene rings is 1. The molecule has 1 aliphatic rings. The van der Waals surface area contributed by atoms with Gasteiger partial charge in [0, 0.05) is 0 Å². The minimum atomic E-state index is -0.566. The van der Waals surface area contributed by atoms with E-state index in [4.69, 9.17) is 11.6 Å². The van der Waals surface area contributed by atoms with Gasteiger partial charge in [0.25, 0.3) is 11.8 Å². The van der Waals surface area contributed by atoms with E-state index in [1.807, 2.05) is 35.9 Å². The number of aromatic nitrogens is 2. The van der Waals surface area contributed by atoms with Gasteiger partial charge in [0.2, 0.25) is 0 Å². The van der Waals surface area contributed by atoms with Crippen molar-refractivity contribution in [1.29, 1.82) is 0 Å². The average Bonchev–Trinajstić information content (AvgIpc) is 2.89. The van der Waals surface area contributed by atoms with Crippen LogP contribution in [-0.2, 0) is 22.7 Å². The van der Waals surface area contributed by atoms with Crippen LogP contribution in [0.5, 0.6) is 0 Å². The molecule has 1 fully saturated rings. The Hall–Kier alpha value is -2.12. The number of carbonyl (C=O) groups excluding carboxylic acids is 2. The SMILES string of the molecule is CNCc1nc2ccccc2n1CC(=O)NN1C(=O)[C@@H](Cl)[C@H]1C. The van der Waals surface area contributed by atoms with Crippen LogP contribution in [0.25, 0.3) is 11.0 Å². The zero-order chi connectivity index (χ0) is 16.6. The Labute approximate surface area is 138 Å². The summed E-state index contributed by atoms with van der Waals surface area (Å²) >= 11 is 5.85. The highest BCUT2D eigenvalue weighted by molar-refractivity contribution is 6.33. The van der Waals surface area contributed by atoms with Crippen molar-refractivity contribution in [2.24, 2.45) is 0 Å². The van der Waals surface area contributed by atoms with Crippen molar-refractivity contribution < 1.29 is 9.59 Å². The van der Waals surface area contributed by atoms with Crippen LogP contribution in [0.1, 0.15) is 12.7 Å². The van der Waals surface area contributed by atoms with Crippen LogP contribution in [0.2, 0.25) is 0 Å². The van der Waals surface area contributed by atoms with Crippen LogP contribution < -0.4 is 10.7 Å². The maximum atomic E-state index is 12.3. The molecular formula is C15H18ClN5O2. The second-order valence-electron chi connectivity index (χ2n) is 5.52. The predicted octanol–water partition coefficient (Wildman–Crippen LogP) is 0.625. The Morgan fingerprint density at radius 2 is 2.13 bits per heavy atom. The number of hydrogen-bond donors (Lipinski definition) is 2. The fraction of sp³-hybridized carbons (Fsp3) is 0.400. The maximum absolute atomic E-state index is 12.3. The van der Waals surface area contributed by atoms with Gasteiger partial charge < -0.3 is 9.88 Å². The monoisotopic (exact) mass is 335 g/mol. The Morgan fingerprint density at radius 1 is 1.39 bits per heavy atom. The third-order valence-electron chi connectivity index (χ3n) is 3.92. The molecule has 2 aromatic rings. The number of imidazole rings is 1. The standard InChI is InChI=1S/C15H18ClN5O2/c1-9-14(16)15(23)21(9)19-13(22)8-20-11-6-4-3-5-10(11)18-12(20)7-17-2/h3-6,9,14,17H,7-8H2,1-2H3,(H,19,22)/t9-,14+/m1/s1. The van der Waals surface area contributed by atoms with Gasteiger partial charge in [0.1, 0.15) is 17.7 Å². The van der Waals surface area contributed by atoms with E-state index in [0.717, 1.165) is 16.9 Å². The lowest BCUT2D eigenvalue weighted by molar-refractivity contribution is -0.155. The predicted molar refractivity (Wildman–Crippen MR) is 86.6 cm³/mol. The number of hydrogen-bond acceptors (Lipinski definition) is 4. The quantitative estimate of drug-likeness (QED) is 0.620. The van der Waals surface area contributed by atoms with Crippen LogP contribution in [0, 0.1) is 0 Å². The molecule has 2 atom stereocenters. The van der Waals surface area contributed by atoms with Gasteiger partial charge in [-0.25, -0.2) is 9.99 Å². The average molecular weight is 336 g/mol. The molecule has 122 valence electrons. The smallest absolute Gasteiger partial charge is 0.261 e. The van der Waals surface area contributed by atoms with E-state index in [-0.39, 0.29) is 24.4 Å². The number of carbonyl (C=O) groups is 2. The Morgan fingerprint density at radius 3 is 2.83 bits per heavy atom. The van der Waals surface area contributed by atoms with Crippen molar-refractivity contribution in [2.45, 2.75) is 31.4 Å². The molecule has 3 rings (SSSR count). The lowest BCUT2D eigenvalue weighted by Gasteiger charge is -2.41. The maximum Gasteiger partial charge on any atom is 0.261 e. The number of halogens is 1. The zero-order valence-corrected chi connectivity index (χ0v) is 13.7. The van der Waals surface area contributed by atoms with Crippen LogP contribution in [0.3, 0.4) is 0 Å². The van der Waals surface area contributed by atoms with Crippen LogP contribution in [0.4, 0.5) is 0 Å². The summed E-state index contributed by atoms with van der Waals surface area (Å²) in [6.45, 7) is 2.42. The van der Waals surface area contributed by atoms with E-state index < -0.39 is 5.38 Å². The second kappa shape index (κ2) is 6.17. The zero-order valence-electron chi connectivity index (χ0n) is 12.9. The highest BCUT2D eigenvalue weighted by Gasteiger charge is 2.44. The van der Waals surface area contributed by atoms with Gasteiger partial charge in [-0.1, -0.05) is 12.1 Å². The molecule has 0 saturated carbocycles. The fourth-order valence-electron chi connectivity index (χ4n) is 2.65. The molecule has 1 aromatic heterocycles. The Balaban J connectivity index is 1.79. The molecule has 8 heteroatoms. The second-order valence-corrected chi connectivity index (χ2v) is 5.99. The number of nitrogens with one attached hydrogen (secondary N) is 2. The molecule has 2 amide bonds. The molecule has 0 bridgehead atoms. The molecule has 1 aromatic carbocycles. The lowest BCUT2D eigenvalue weighted by Crippen LogP contribution is -2.67. The molecule has 2 heterocycles. The molecule has 0 aliphatic carbocycles. The third kappa shape index (κ3) is 2.77.